The van der Waals surface area contributed by atoms with Crippen LogP contribution in [0.5, 0.6) is 11.5 Å². The Bertz CT molecular complexity index is 734. The summed E-state index contributed by atoms with van der Waals surface area (Å²) in [5.41, 5.74) is -0.0185. The summed E-state index contributed by atoms with van der Waals surface area (Å²) in [6.45, 7) is 0. The van der Waals surface area contributed by atoms with Crippen LogP contribution in [0.3, 0.4) is 0 Å². The number of para-hydroxylation sites is 1. The molecule has 0 saturated carbocycles. The quantitative estimate of drug-likeness (QED) is 0.819. The lowest BCUT2D eigenvalue weighted by molar-refractivity contribution is 0.411. The van der Waals surface area contributed by atoms with Gasteiger partial charge in [-0.25, -0.2) is 8.42 Å². The Hall–Kier alpha value is -1.80. The fraction of sp³-hybridized carbons (Fsp3) is 0.0833. The Kier molecular flexibility index (Phi) is 4.15. The summed E-state index contributed by atoms with van der Waals surface area (Å²) < 4.78 is 32.3. The van der Waals surface area contributed by atoms with Gasteiger partial charge in [-0.15, -0.1) is 0 Å². The van der Waals surface area contributed by atoms with Crippen molar-refractivity contribution in [2.24, 2.45) is 0 Å². The first-order valence-electron chi connectivity index (χ1n) is 5.43. The van der Waals surface area contributed by atoms with Gasteiger partial charge >= 0.3 is 0 Å². The first kappa shape index (κ1) is 14.6. The fourth-order valence-corrected chi connectivity index (χ4v) is 3.11. The number of anilines is 1. The summed E-state index contributed by atoms with van der Waals surface area (Å²) in [6, 6.07) is 5.85. The normalized spacial score (nSPS) is 11.1. The average molecular weight is 359 g/mol. The molecule has 0 amide bonds. The molecule has 0 unspecified atom stereocenters. The van der Waals surface area contributed by atoms with Gasteiger partial charge in [-0.3, -0.25) is 9.71 Å². The van der Waals surface area contributed by atoms with Crippen LogP contribution >= 0.6 is 15.9 Å². The number of pyridine rings is 1. The summed E-state index contributed by atoms with van der Waals surface area (Å²) in [4.78, 5) is 3.77. The van der Waals surface area contributed by atoms with E-state index in [1.807, 2.05) is 0 Å². The van der Waals surface area contributed by atoms with Crippen LogP contribution < -0.4 is 9.46 Å². The van der Waals surface area contributed by atoms with E-state index < -0.39 is 10.0 Å². The average Bonchev–Trinajstić information content (AvgIpc) is 2.41. The molecule has 0 saturated heterocycles. The third kappa shape index (κ3) is 3.02. The van der Waals surface area contributed by atoms with Gasteiger partial charge in [-0.1, -0.05) is 6.07 Å². The molecular weight excluding hydrogens is 348 g/mol. The maximum absolute atomic E-state index is 12.2. The number of nitrogens with zero attached hydrogens (tertiary/aromatic N) is 1. The molecule has 1 aromatic carbocycles. The molecular formula is C12H11BrN2O4S. The molecule has 2 rings (SSSR count). The Morgan fingerprint density at radius 1 is 1.35 bits per heavy atom. The number of benzene rings is 1. The summed E-state index contributed by atoms with van der Waals surface area (Å²) in [5.74, 6) is -0.00703. The third-order valence-electron chi connectivity index (χ3n) is 2.45. The maximum Gasteiger partial charge on any atom is 0.263 e. The molecule has 2 N–H and O–H groups in total. The van der Waals surface area contributed by atoms with E-state index in [9.17, 15) is 13.5 Å². The number of hydrogen-bond donors (Lipinski definition) is 2. The molecule has 1 aromatic heterocycles. The van der Waals surface area contributed by atoms with Gasteiger partial charge in [0.1, 0.15) is 22.1 Å². The number of hydrogen-bond acceptors (Lipinski definition) is 5. The van der Waals surface area contributed by atoms with Crippen LogP contribution in [0.25, 0.3) is 0 Å². The second kappa shape index (κ2) is 5.68. The van der Waals surface area contributed by atoms with Gasteiger partial charge in [0.2, 0.25) is 0 Å². The lowest BCUT2D eigenvalue weighted by Gasteiger charge is -2.13. The fourth-order valence-electron chi connectivity index (χ4n) is 1.52. The van der Waals surface area contributed by atoms with Crippen molar-refractivity contribution < 1.29 is 18.3 Å². The Labute approximate surface area is 124 Å². The number of sulfonamides is 1. The molecule has 6 nitrogen and oxygen atoms in total. The molecule has 0 aliphatic carbocycles. The van der Waals surface area contributed by atoms with Crippen LogP contribution in [0.4, 0.5) is 5.69 Å². The molecule has 0 atom stereocenters. The molecule has 106 valence electrons. The molecule has 0 aliphatic heterocycles. The molecule has 0 fully saturated rings. The van der Waals surface area contributed by atoms with Gasteiger partial charge in [0.15, 0.2) is 0 Å². The number of rotatable bonds is 4. The zero-order valence-electron chi connectivity index (χ0n) is 10.4. The standard InChI is InChI=1S/C12H11BrN2O4S/c1-19-11-4-2-3-10(16)12(11)15-20(17,18)9-5-8(13)6-14-7-9/h2-7,15-16H,1H3. The Morgan fingerprint density at radius 2 is 2.10 bits per heavy atom. The molecule has 1 heterocycles. The van der Waals surface area contributed by atoms with Gasteiger partial charge in [0.25, 0.3) is 10.0 Å². The predicted molar refractivity (Wildman–Crippen MR) is 77.4 cm³/mol. The largest absolute Gasteiger partial charge is 0.506 e. The van der Waals surface area contributed by atoms with Crippen molar-refractivity contribution in [3.05, 3.63) is 41.1 Å². The minimum atomic E-state index is -3.87. The highest BCUT2D eigenvalue weighted by molar-refractivity contribution is 9.10. The van der Waals surface area contributed by atoms with Gasteiger partial charge in [0, 0.05) is 16.9 Å². The predicted octanol–water partition coefficient (Wildman–Crippen LogP) is 2.36. The van der Waals surface area contributed by atoms with E-state index in [-0.39, 0.29) is 22.1 Å². The van der Waals surface area contributed by atoms with Crippen molar-refractivity contribution in [3.63, 3.8) is 0 Å². The van der Waals surface area contributed by atoms with Crippen molar-refractivity contribution >= 4 is 31.6 Å². The number of aromatic hydroxyl groups is 1. The van der Waals surface area contributed by atoms with Crippen molar-refractivity contribution in [2.75, 3.05) is 11.8 Å². The SMILES string of the molecule is COc1cccc(O)c1NS(=O)(=O)c1cncc(Br)c1. The monoisotopic (exact) mass is 358 g/mol. The highest BCUT2D eigenvalue weighted by Crippen LogP contribution is 2.35. The number of phenols is 1. The van der Waals surface area contributed by atoms with Gasteiger partial charge < -0.3 is 9.84 Å². The van der Waals surface area contributed by atoms with E-state index in [0.29, 0.717) is 4.47 Å². The number of aromatic nitrogens is 1. The van der Waals surface area contributed by atoms with E-state index in [2.05, 4.69) is 25.6 Å². The molecule has 2 aromatic rings. The van der Waals surface area contributed by atoms with Crippen LogP contribution in [0.2, 0.25) is 0 Å². The van der Waals surface area contributed by atoms with Crippen LogP contribution in [0.1, 0.15) is 0 Å². The lowest BCUT2D eigenvalue weighted by atomic mass is 10.3. The first-order valence-corrected chi connectivity index (χ1v) is 7.71. The second-order valence-corrected chi connectivity index (χ2v) is 6.40. The third-order valence-corrected chi connectivity index (χ3v) is 4.20. The highest BCUT2D eigenvalue weighted by Gasteiger charge is 2.19. The van der Waals surface area contributed by atoms with E-state index >= 15 is 0 Å². The summed E-state index contributed by atoms with van der Waals surface area (Å²) in [5, 5.41) is 9.76. The van der Waals surface area contributed by atoms with E-state index in [1.165, 1.54) is 37.7 Å². The number of ether oxygens (including phenoxy) is 1. The van der Waals surface area contributed by atoms with Crippen LogP contribution in [-0.2, 0) is 10.0 Å². The molecule has 0 aliphatic rings. The molecule has 0 bridgehead atoms. The van der Waals surface area contributed by atoms with Crippen LogP contribution in [-0.4, -0.2) is 25.6 Å². The zero-order valence-corrected chi connectivity index (χ0v) is 12.8. The lowest BCUT2D eigenvalue weighted by Crippen LogP contribution is -2.14. The van der Waals surface area contributed by atoms with Crippen molar-refractivity contribution in [1.82, 2.24) is 4.98 Å². The second-order valence-electron chi connectivity index (χ2n) is 3.80. The smallest absolute Gasteiger partial charge is 0.263 e. The minimum Gasteiger partial charge on any atom is -0.506 e. The Morgan fingerprint density at radius 3 is 2.75 bits per heavy atom. The van der Waals surface area contributed by atoms with E-state index in [0.717, 1.165) is 0 Å². The van der Waals surface area contributed by atoms with E-state index in [1.54, 1.807) is 6.07 Å². The highest BCUT2D eigenvalue weighted by atomic mass is 79.9. The number of nitrogens with one attached hydrogen (secondary N) is 1. The van der Waals surface area contributed by atoms with E-state index in [4.69, 9.17) is 4.74 Å². The van der Waals surface area contributed by atoms with Crippen LogP contribution in [0.15, 0.2) is 46.0 Å². The number of halogens is 1. The van der Waals surface area contributed by atoms with Gasteiger partial charge in [0.05, 0.1) is 7.11 Å². The minimum absolute atomic E-state index is 0.0185. The molecule has 0 radical (unpaired) electrons. The Balaban J connectivity index is 2.44. The summed E-state index contributed by atoms with van der Waals surface area (Å²) in [7, 11) is -2.49. The first-order chi connectivity index (χ1) is 9.44. The summed E-state index contributed by atoms with van der Waals surface area (Å²) in [6.07, 6.45) is 2.68. The molecule has 8 heteroatoms. The molecule has 0 spiro atoms. The van der Waals surface area contributed by atoms with Crippen LogP contribution in [0, 0.1) is 0 Å². The van der Waals surface area contributed by atoms with Gasteiger partial charge in [-0.05, 0) is 34.1 Å². The topological polar surface area (TPSA) is 88.5 Å². The van der Waals surface area contributed by atoms with Crippen molar-refractivity contribution in [1.29, 1.82) is 0 Å². The van der Waals surface area contributed by atoms with Gasteiger partial charge in [-0.2, -0.15) is 0 Å². The zero-order chi connectivity index (χ0) is 14.8. The van der Waals surface area contributed by atoms with Crippen molar-refractivity contribution in [2.45, 2.75) is 4.90 Å². The number of phenolic OH excluding ortho intramolecular Hbond substituents is 1. The molecule has 20 heavy (non-hydrogen) atoms. The maximum atomic E-state index is 12.2. The number of methoxy groups -OCH3 is 1. The van der Waals surface area contributed by atoms with Crippen molar-refractivity contribution in [3.8, 4) is 11.5 Å². The summed E-state index contributed by atoms with van der Waals surface area (Å²) >= 11 is 3.15.